The van der Waals surface area contributed by atoms with E-state index in [0.717, 1.165) is 75.1 Å². The molecular weight excluding hydrogens is 863 g/mol. The second-order valence-corrected chi connectivity index (χ2v) is 18.9. The molecule has 0 radical (unpaired) electrons. The zero-order valence-electron chi connectivity index (χ0n) is 36.2. The van der Waals surface area contributed by atoms with E-state index in [-0.39, 0.29) is 0 Å². The molecule has 0 fully saturated rings. The van der Waals surface area contributed by atoms with E-state index in [1.165, 1.54) is 0 Å². The largest absolute Gasteiger partial charge is 0.530 e. The fourth-order valence-corrected chi connectivity index (χ4v) is 11.7. The fraction of sp³-hybridized carbons (Fsp3) is 0.0714. The predicted octanol–water partition coefficient (Wildman–Crippen LogP) is 17.2. The Morgan fingerprint density at radius 1 is 0.308 bits per heavy atom. The Morgan fingerprint density at radius 3 is 0.892 bits per heavy atom. The standard InChI is InChI=1S/C56H44O6P2S/c1-37-33-39(3)55(61-63(57-49-29-13-21-41-17-5-9-25-45(41)49)58-50-30-14-22-42-18-6-10-26-46(42)50)53(35-37)65-54-36-38(2)34-40(4)56(54)62-64(59-51-31-15-23-43-19-7-11-27-47(43)51)60-52-32-16-24-44-20-8-12-28-48(44)52/h5-36H,1-4H3. The van der Waals surface area contributed by atoms with E-state index in [1.54, 1.807) is 11.8 Å². The van der Waals surface area contributed by atoms with Crippen LogP contribution in [0.3, 0.4) is 0 Å². The van der Waals surface area contributed by atoms with Gasteiger partial charge in [-0.1, -0.05) is 169 Å². The van der Waals surface area contributed by atoms with Crippen LogP contribution in [0.4, 0.5) is 0 Å². The monoisotopic (exact) mass is 906 g/mol. The summed E-state index contributed by atoms with van der Waals surface area (Å²) in [6, 6.07) is 65.3. The molecule has 0 aliphatic heterocycles. The topological polar surface area (TPSA) is 55.4 Å². The first-order chi connectivity index (χ1) is 31.8. The van der Waals surface area contributed by atoms with Crippen LogP contribution >= 0.6 is 29.0 Å². The summed E-state index contributed by atoms with van der Waals surface area (Å²) in [6.07, 6.45) is 0. The average Bonchev–Trinajstić information content (AvgIpc) is 3.31. The Balaban J connectivity index is 1.03. The maximum atomic E-state index is 7.04. The normalized spacial score (nSPS) is 11.4. The molecule has 0 saturated carbocycles. The van der Waals surface area contributed by atoms with Gasteiger partial charge in [0.05, 0.1) is 9.79 Å². The molecular formula is C56H44O6P2S. The Labute approximate surface area is 385 Å². The zero-order valence-corrected chi connectivity index (χ0v) is 38.8. The minimum absolute atomic E-state index is 0.651. The highest BCUT2D eigenvalue weighted by Gasteiger charge is 2.28. The summed E-state index contributed by atoms with van der Waals surface area (Å²) in [6.45, 7) is 8.31. The Morgan fingerprint density at radius 2 is 0.585 bits per heavy atom. The van der Waals surface area contributed by atoms with Crippen LogP contribution in [0.15, 0.2) is 204 Å². The summed E-state index contributed by atoms with van der Waals surface area (Å²) in [7, 11) is -4.11. The van der Waals surface area contributed by atoms with Crippen LogP contribution < -0.4 is 27.1 Å². The first-order valence-electron chi connectivity index (χ1n) is 21.3. The summed E-state index contributed by atoms with van der Waals surface area (Å²) in [5, 5.41) is 8.10. The summed E-state index contributed by atoms with van der Waals surface area (Å²) < 4.78 is 41.4. The van der Waals surface area contributed by atoms with Gasteiger partial charge >= 0.3 is 17.2 Å². The van der Waals surface area contributed by atoms with Crippen LogP contribution in [0.2, 0.25) is 0 Å². The highest BCUT2D eigenvalue weighted by molar-refractivity contribution is 7.99. The average molecular weight is 907 g/mol. The van der Waals surface area contributed by atoms with Crippen molar-refractivity contribution in [2.75, 3.05) is 0 Å². The molecule has 0 saturated heterocycles. The number of benzene rings is 10. The Kier molecular flexibility index (Phi) is 12.2. The van der Waals surface area contributed by atoms with Gasteiger partial charge in [0.1, 0.15) is 34.5 Å². The minimum Gasteiger partial charge on any atom is -0.408 e. The zero-order chi connectivity index (χ0) is 44.3. The molecule has 0 unspecified atom stereocenters. The van der Waals surface area contributed by atoms with Crippen molar-refractivity contribution in [1.82, 2.24) is 0 Å². The van der Waals surface area contributed by atoms with E-state index < -0.39 is 17.2 Å². The van der Waals surface area contributed by atoms with Crippen LogP contribution in [0.25, 0.3) is 43.1 Å². The molecule has 0 heterocycles. The molecule has 10 rings (SSSR count). The van der Waals surface area contributed by atoms with Crippen LogP contribution in [-0.4, -0.2) is 0 Å². The first kappa shape index (κ1) is 42.2. The smallest absolute Gasteiger partial charge is 0.408 e. The minimum atomic E-state index is -2.05. The molecule has 0 amide bonds. The van der Waals surface area contributed by atoms with E-state index in [4.69, 9.17) is 27.1 Å². The summed E-state index contributed by atoms with van der Waals surface area (Å²) in [4.78, 5) is 1.75. The molecule has 10 aromatic rings. The van der Waals surface area contributed by atoms with Crippen molar-refractivity contribution in [2.24, 2.45) is 0 Å². The molecule has 0 N–H and O–H groups in total. The van der Waals surface area contributed by atoms with Gasteiger partial charge < -0.3 is 27.1 Å². The first-order valence-corrected chi connectivity index (χ1v) is 24.3. The molecule has 0 bridgehead atoms. The van der Waals surface area contributed by atoms with E-state index in [2.05, 4.69) is 125 Å². The van der Waals surface area contributed by atoms with Crippen LogP contribution in [-0.2, 0) is 0 Å². The van der Waals surface area contributed by atoms with Gasteiger partial charge in [-0.05, 0) is 108 Å². The molecule has 9 heteroatoms. The summed E-state index contributed by atoms with van der Waals surface area (Å²) >= 11 is 1.57. The second-order valence-electron chi connectivity index (χ2n) is 15.8. The van der Waals surface area contributed by atoms with Crippen LogP contribution in [0.1, 0.15) is 22.3 Å². The Bertz CT molecular complexity index is 2950. The van der Waals surface area contributed by atoms with E-state index >= 15 is 0 Å². The number of hydrogen-bond acceptors (Lipinski definition) is 7. The lowest BCUT2D eigenvalue weighted by atomic mass is 10.1. The SMILES string of the molecule is Cc1cc(C)c(OP(Oc2cccc3ccccc23)Oc2cccc3ccccc23)c(Sc2cc(C)cc(C)c2OP(Oc2cccc3ccccc23)Oc2cccc3ccccc23)c1. The Hall–Kier alpha value is -6.75. The molecule has 0 aliphatic rings. The quantitative estimate of drug-likeness (QED) is 0.101. The van der Waals surface area contributed by atoms with Gasteiger partial charge in [-0.3, -0.25) is 0 Å². The molecule has 320 valence electrons. The molecule has 65 heavy (non-hydrogen) atoms. The second kappa shape index (κ2) is 18.8. The van der Waals surface area contributed by atoms with Crippen molar-refractivity contribution in [2.45, 2.75) is 37.5 Å². The molecule has 0 aliphatic carbocycles. The summed E-state index contributed by atoms with van der Waals surface area (Å²) in [5.41, 5.74) is 4.05. The maximum absolute atomic E-state index is 7.04. The van der Waals surface area contributed by atoms with Crippen molar-refractivity contribution >= 4 is 72.1 Å². The lowest BCUT2D eigenvalue weighted by Crippen LogP contribution is -2.06. The fourth-order valence-electron chi connectivity index (χ4n) is 8.02. The van der Waals surface area contributed by atoms with Crippen molar-refractivity contribution in [3.63, 3.8) is 0 Å². The lowest BCUT2D eigenvalue weighted by molar-refractivity contribution is 0.386. The number of hydrogen-bond donors (Lipinski definition) is 0. The maximum Gasteiger partial charge on any atom is 0.530 e. The molecule has 0 spiro atoms. The highest BCUT2D eigenvalue weighted by atomic mass is 32.2. The van der Waals surface area contributed by atoms with Gasteiger partial charge in [0.15, 0.2) is 0 Å². The lowest BCUT2D eigenvalue weighted by Gasteiger charge is -2.24. The third-order valence-electron chi connectivity index (χ3n) is 11.0. The molecule has 10 aromatic carbocycles. The molecule has 0 aromatic heterocycles. The predicted molar refractivity (Wildman–Crippen MR) is 269 cm³/mol. The van der Waals surface area contributed by atoms with Crippen molar-refractivity contribution in [3.05, 3.63) is 216 Å². The van der Waals surface area contributed by atoms with E-state index in [9.17, 15) is 0 Å². The number of aryl methyl sites for hydroxylation is 4. The van der Waals surface area contributed by atoms with Gasteiger partial charge in [0.2, 0.25) is 0 Å². The van der Waals surface area contributed by atoms with E-state index in [1.807, 2.05) is 97.1 Å². The van der Waals surface area contributed by atoms with Crippen molar-refractivity contribution < 1.29 is 27.1 Å². The highest BCUT2D eigenvalue weighted by Crippen LogP contribution is 2.53. The van der Waals surface area contributed by atoms with Crippen LogP contribution in [0.5, 0.6) is 34.5 Å². The number of fused-ring (bicyclic) bond motifs is 4. The molecule has 0 atom stereocenters. The van der Waals surface area contributed by atoms with Crippen molar-refractivity contribution in [3.8, 4) is 34.5 Å². The van der Waals surface area contributed by atoms with Crippen molar-refractivity contribution in [1.29, 1.82) is 0 Å². The molecule has 6 nitrogen and oxygen atoms in total. The third kappa shape index (κ3) is 9.28. The van der Waals surface area contributed by atoms with Gasteiger partial charge in [-0.15, -0.1) is 0 Å². The third-order valence-corrected chi connectivity index (χ3v) is 14.1. The van der Waals surface area contributed by atoms with Gasteiger partial charge in [0.25, 0.3) is 0 Å². The number of rotatable bonds is 14. The van der Waals surface area contributed by atoms with Gasteiger partial charge in [-0.25, -0.2) is 0 Å². The summed E-state index contributed by atoms with van der Waals surface area (Å²) in [5.74, 6) is 3.98. The van der Waals surface area contributed by atoms with E-state index in [0.29, 0.717) is 34.5 Å². The van der Waals surface area contributed by atoms with Gasteiger partial charge in [-0.2, -0.15) is 0 Å². The van der Waals surface area contributed by atoms with Crippen LogP contribution in [0, 0.1) is 27.7 Å². The van der Waals surface area contributed by atoms with Gasteiger partial charge in [0, 0.05) is 21.5 Å².